The summed E-state index contributed by atoms with van der Waals surface area (Å²) in [5.41, 5.74) is 8.76. The van der Waals surface area contributed by atoms with Gasteiger partial charge in [0.25, 0.3) is 0 Å². The summed E-state index contributed by atoms with van der Waals surface area (Å²) in [4.78, 5) is 27.8. The first-order valence-corrected chi connectivity index (χ1v) is 10.3. The van der Waals surface area contributed by atoms with Crippen molar-refractivity contribution in [2.75, 3.05) is 18.1 Å². The van der Waals surface area contributed by atoms with Gasteiger partial charge in [-0.1, -0.05) is 48.0 Å². The molecule has 0 aromatic heterocycles. The third-order valence-corrected chi connectivity index (χ3v) is 5.08. The third-order valence-electron chi connectivity index (χ3n) is 5.08. The topological polar surface area (TPSA) is 106 Å². The molecule has 0 aliphatic carbocycles. The van der Waals surface area contributed by atoms with E-state index in [1.54, 1.807) is 50.2 Å². The van der Waals surface area contributed by atoms with Crippen LogP contribution in [0.4, 0.5) is 5.69 Å². The Labute approximate surface area is 187 Å². The zero-order valence-electron chi connectivity index (χ0n) is 18.3. The van der Waals surface area contributed by atoms with Crippen molar-refractivity contribution >= 4 is 17.6 Å². The molecule has 0 radical (unpaired) electrons. The first-order chi connectivity index (χ1) is 15.4. The first-order valence-electron chi connectivity index (χ1n) is 10.3. The molecule has 7 nitrogen and oxygen atoms in total. The summed E-state index contributed by atoms with van der Waals surface area (Å²) in [6, 6.07) is 18.3. The number of rotatable bonds is 6. The Kier molecular flexibility index (Phi) is 6.96. The maximum Gasteiger partial charge on any atom is 0.355 e. The Hall–Kier alpha value is -4.05. The number of ether oxygens (including phenoxy) is 2. The van der Waals surface area contributed by atoms with Gasteiger partial charge in [0.2, 0.25) is 0 Å². The van der Waals surface area contributed by atoms with Crippen LogP contribution in [0.25, 0.3) is 0 Å². The Bertz CT molecular complexity index is 1110. The number of nitrogens with zero attached hydrogens (tertiary/aromatic N) is 2. The molecule has 2 N–H and O–H groups in total. The predicted octanol–water partition coefficient (Wildman–Crippen LogP) is 3.67. The molecular weight excluding hydrogens is 406 g/mol. The van der Waals surface area contributed by atoms with E-state index in [2.05, 4.69) is 6.07 Å². The van der Waals surface area contributed by atoms with E-state index < -0.39 is 17.9 Å². The van der Waals surface area contributed by atoms with Gasteiger partial charge in [0.1, 0.15) is 11.5 Å². The number of benzene rings is 2. The minimum absolute atomic E-state index is 0.0165. The van der Waals surface area contributed by atoms with Gasteiger partial charge in [-0.15, -0.1) is 0 Å². The van der Waals surface area contributed by atoms with Crippen molar-refractivity contribution in [3.63, 3.8) is 0 Å². The molecule has 0 saturated carbocycles. The van der Waals surface area contributed by atoms with Gasteiger partial charge in [-0.2, -0.15) is 5.26 Å². The fraction of sp³-hybridized carbons (Fsp3) is 0.240. The number of hydrogen-bond acceptors (Lipinski definition) is 7. The quantitative estimate of drug-likeness (QED) is 0.696. The van der Waals surface area contributed by atoms with Crippen molar-refractivity contribution in [3.8, 4) is 6.07 Å². The van der Waals surface area contributed by atoms with Gasteiger partial charge >= 0.3 is 11.9 Å². The molecule has 1 heterocycles. The Morgan fingerprint density at radius 2 is 1.59 bits per heavy atom. The van der Waals surface area contributed by atoms with E-state index in [1.807, 2.05) is 25.1 Å². The number of aryl methyl sites for hydroxylation is 1. The lowest BCUT2D eigenvalue weighted by Gasteiger charge is -2.36. The van der Waals surface area contributed by atoms with Crippen LogP contribution >= 0.6 is 0 Å². The van der Waals surface area contributed by atoms with E-state index in [0.717, 1.165) is 5.56 Å². The van der Waals surface area contributed by atoms with Crippen LogP contribution in [0.5, 0.6) is 0 Å². The van der Waals surface area contributed by atoms with E-state index in [9.17, 15) is 14.9 Å². The number of allylic oxidation sites excluding steroid dienone is 1. The molecule has 3 rings (SSSR count). The van der Waals surface area contributed by atoms with E-state index in [1.165, 1.54) is 4.90 Å². The number of carbonyl (C=O) groups excluding carboxylic acids is 2. The lowest BCUT2D eigenvalue weighted by atomic mass is 9.81. The van der Waals surface area contributed by atoms with Gasteiger partial charge in [0.15, 0.2) is 0 Å². The van der Waals surface area contributed by atoms with E-state index >= 15 is 0 Å². The van der Waals surface area contributed by atoms with Crippen molar-refractivity contribution in [1.82, 2.24) is 0 Å². The van der Waals surface area contributed by atoms with Crippen molar-refractivity contribution in [2.45, 2.75) is 26.7 Å². The summed E-state index contributed by atoms with van der Waals surface area (Å²) in [5, 5.41) is 10.1. The van der Waals surface area contributed by atoms with Crippen molar-refractivity contribution in [3.05, 3.63) is 88.4 Å². The Morgan fingerprint density at radius 3 is 2.16 bits per heavy atom. The van der Waals surface area contributed by atoms with Gasteiger partial charge < -0.3 is 15.2 Å². The molecule has 32 heavy (non-hydrogen) atoms. The molecule has 164 valence electrons. The highest BCUT2D eigenvalue weighted by molar-refractivity contribution is 6.06. The second-order valence-electron chi connectivity index (χ2n) is 7.13. The summed E-state index contributed by atoms with van der Waals surface area (Å²) in [6.45, 7) is 5.49. The molecule has 2 aromatic carbocycles. The summed E-state index contributed by atoms with van der Waals surface area (Å²) in [5.74, 6) is -2.25. The molecule has 1 unspecified atom stereocenters. The third kappa shape index (κ3) is 4.21. The van der Waals surface area contributed by atoms with Gasteiger partial charge in [-0.3, -0.25) is 4.90 Å². The molecule has 0 amide bonds. The number of hydrogen-bond donors (Lipinski definition) is 1. The van der Waals surface area contributed by atoms with Gasteiger partial charge in [-0.25, -0.2) is 9.59 Å². The van der Waals surface area contributed by atoms with Crippen molar-refractivity contribution < 1.29 is 19.1 Å². The number of nitrogens with two attached hydrogens (primary N) is 1. The van der Waals surface area contributed by atoms with Crippen LogP contribution < -0.4 is 10.6 Å². The summed E-state index contributed by atoms with van der Waals surface area (Å²) >= 11 is 0. The normalized spacial score (nSPS) is 15.9. The smallest absolute Gasteiger partial charge is 0.355 e. The Morgan fingerprint density at radius 1 is 1.00 bits per heavy atom. The lowest BCUT2D eigenvalue weighted by Crippen LogP contribution is -2.41. The molecule has 0 saturated heterocycles. The maximum atomic E-state index is 13.2. The lowest BCUT2D eigenvalue weighted by molar-refractivity contribution is -0.142. The highest BCUT2D eigenvalue weighted by atomic mass is 16.5. The molecule has 7 heteroatoms. The van der Waals surface area contributed by atoms with Crippen molar-refractivity contribution in [1.29, 1.82) is 5.26 Å². The zero-order valence-corrected chi connectivity index (χ0v) is 18.3. The second kappa shape index (κ2) is 9.84. The van der Waals surface area contributed by atoms with Crippen LogP contribution in [-0.4, -0.2) is 25.2 Å². The summed E-state index contributed by atoms with van der Waals surface area (Å²) in [6.07, 6.45) is 0. The van der Waals surface area contributed by atoms with E-state index in [4.69, 9.17) is 15.2 Å². The summed E-state index contributed by atoms with van der Waals surface area (Å²) < 4.78 is 10.6. The van der Waals surface area contributed by atoms with Gasteiger partial charge in [-0.05, 0) is 38.5 Å². The molecule has 1 atom stereocenters. The standard InChI is InChI=1S/C25H25N3O4/c1-4-31-24(29)21-20(17-9-7-6-8-10-17)19(15-26)23(27)28(22(21)25(30)32-5-2)18-13-11-16(3)12-14-18/h6-14,20H,4-5,27H2,1-3H3. The number of esters is 2. The van der Waals surface area contributed by atoms with Crippen LogP contribution in [0.1, 0.15) is 30.9 Å². The molecule has 0 spiro atoms. The van der Waals surface area contributed by atoms with Gasteiger partial charge in [0.05, 0.1) is 36.3 Å². The number of anilines is 1. The van der Waals surface area contributed by atoms with Crippen molar-refractivity contribution in [2.24, 2.45) is 5.73 Å². The highest BCUT2D eigenvalue weighted by Gasteiger charge is 2.43. The van der Waals surface area contributed by atoms with E-state index in [0.29, 0.717) is 11.3 Å². The average Bonchev–Trinajstić information content (AvgIpc) is 2.79. The number of carbonyl (C=O) groups is 2. The fourth-order valence-corrected chi connectivity index (χ4v) is 3.68. The maximum absolute atomic E-state index is 13.2. The molecule has 0 bridgehead atoms. The largest absolute Gasteiger partial charge is 0.463 e. The minimum Gasteiger partial charge on any atom is -0.463 e. The first kappa shape index (κ1) is 22.6. The van der Waals surface area contributed by atoms with E-state index in [-0.39, 0.29) is 35.9 Å². The zero-order chi connectivity index (χ0) is 23.3. The van der Waals surface area contributed by atoms with Crippen LogP contribution in [0, 0.1) is 18.3 Å². The predicted molar refractivity (Wildman–Crippen MR) is 120 cm³/mol. The molecule has 1 aliphatic rings. The average molecular weight is 431 g/mol. The Balaban J connectivity index is 2.38. The highest BCUT2D eigenvalue weighted by Crippen LogP contribution is 2.43. The second-order valence-corrected chi connectivity index (χ2v) is 7.13. The van der Waals surface area contributed by atoms with Crippen LogP contribution in [0.15, 0.2) is 77.3 Å². The SMILES string of the molecule is CCOC(=O)C1=C(C(=O)OCC)N(c2ccc(C)cc2)C(N)=C(C#N)C1c1ccccc1. The van der Waals surface area contributed by atoms with Crippen LogP contribution in [-0.2, 0) is 19.1 Å². The summed E-state index contributed by atoms with van der Waals surface area (Å²) in [7, 11) is 0. The van der Waals surface area contributed by atoms with Crippen LogP contribution in [0.2, 0.25) is 0 Å². The fourth-order valence-electron chi connectivity index (χ4n) is 3.68. The molecule has 1 aliphatic heterocycles. The van der Waals surface area contributed by atoms with Crippen LogP contribution in [0.3, 0.4) is 0 Å². The van der Waals surface area contributed by atoms with Gasteiger partial charge in [0, 0.05) is 5.69 Å². The molecule has 0 fully saturated rings. The minimum atomic E-state index is -0.874. The molecular formula is C25H25N3O4. The monoisotopic (exact) mass is 431 g/mol. The molecule has 2 aromatic rings. The number of nitriles is 1.